The molecule has 1 unspecified atom stereocenters. The van der Waals surface area contributed by atoms with Gasteiger partial charge < -0.3 is 15.2 Å². The number of carbonyl (C=O) groups excluding carboxylic acids is 2. The first-order valence-corrected chi connectivity index (χ1v) is 12.2. The Bertz CT molecular complexity index is 1140. The van der Waals surface area contributed by atoms with Gasteiger partial charge in [0.1, 0.15) is 5.75 Å². The Morgan fingerprint density at radius 3 is 2.14 bits per heavy atom. The molecule has 184 valence electrons. The molecule has 0 radical (unpaired) electrons. The zero-order chi connectivity index (χ0) is 25.4. The molecular formula is C28H29Cl2NO4. The standard InChI is InChI=1S/C28H29Cl2NO4/c1-18(2)35-27-12-9-22(17-25(27)30)28(34)31-24(13-14-32)15-19-3-5-20(6-4-19)16-26(33)21-7-10-23(29)11-8-21/h3-12,17-18,24,32H,13-16H2,1-2H3,(H,31,34). The lowest BCUT2D eigenvalue weighted by atomic mass is 9.98. The molecule has 0 aliphatic rings. The minimum atomic E-state index is -0.272. The Kier molecular flexibility index (Phi) is 9.73. The molecule has 0 saturated carbocycles. The van der Waals surface area contributed by atoms with Gasteiger partial charge in [-0.05, 0) is 80.3 Å². The van der Waals surface area contributed by atoms with Crippen molar-refractivity contribution in [1.82, 2.24) is 5.32 Å². The number of rotatable bonds is 11. The lowest BCUT2D eigenvalue weighted by molar-refractivity contribution is 0.0929. The minimum Gasteiger partial charge on any atom is -0.489 e. The Labute approximate surface area is 216 Å². The van der Waals surface area contributed by atoms with Crippen molar-refractivity contribution in [2.24, 2.45) is 0 Å². The lowest BCUT2D eigenvalue weighted by Gasteiger charge is -2.19. The van der Waals surface area contributed by atoms with Gasteiger partial charge in [-0.25, -0.2) is 0 Å². The zero-order valence-corrected chi connectivity index (χ0v) is 21.3. The quantitative estimate of drug-likeness (QED) is 0.311. The second-order valence-electron chi connectivity index (χ2n) is 8.62. The number of aliphatic hydroxyl groups is 1. The Morgan fingerprint density at radius 2 is 1.54 bits per heavy atom. The third kappa shape index (κ3) is 8.10. The summed E-state index contributed by atoms with van der Waals surface area (Å²) in [7, 11) is 0. The van der Waals surface area contributed by atoms with Crippen LogP contribution in [0.1, 0.15) is 52.1 Å². The molecule has 3 aromatic rings. The van der Waals surface area contributed by atoms with Crippen molar-refractivity contribution in [3.05, 3.63) is 99.0 Å². The first kappa shape index (κ1) is 26.7. The number of halogens is 2. The van der Waals surface area contributed by atoms with E-state index in [2.05, 4.69) is 5.32 Å². The highest BCUT2D eigenvalue weighted by Crippen LogP contribution is 2.26. The van der Waals surface area contributed by atoms with Gasteiger partial charge in [-0.1, -0.05) is 47.5 Å². The molecule has 3 aromatic carbocycles. The largest absolute Gasteiger partial charge is 0.489 e. The van der Waals surface area contributed by atoms with Gasteiger partial charge in [0.05, 0.1) is 11.1 Å². The molecule has 5 nitrogen and oxygen atoms in total. The second-order valence-corrected chi connectivity index (χ2v) is 9.47. The molecule has 0 aromatic heterocycles. The molecule has 35 heavy (non-hydrogen) atoms. The monoisotopic (exact) mass is 513 g/mol. The zero-order valence-electron chi connectivity index (χ0n) is 19.8. The van der Waals surface area contributed by atoms with E-state index in [1.165, 1.54) is 0 Å². The number of carbonyl (C=O) groups is 2. The number of hydrogen-bond acceptors (Lipinski definition) is 4. The average Bonchev–Trinajstić information content (AvgIpc) is 2.82. The Hall–Kier alpha value is -2.86. The predicted molar refractivity (Wildman–Crippen MR) is 140 cm³/mol. The molecule has 1 atom stereocenters. The molecule has 0 saturated heterocycles. The molecule has 0 spiro atoms. The highest BCUT2D eigenvalue weighted by molar-refractivity contribution is 6.32. The van der Waals surface area contributed by atoms with E-state index in [-0.39, 0.29) is 36.9 Å². The smallest absolute Gasteiger partial charge is 0.251 e. The van der Waals surface area contributed by atoms with Gasteiger partial charge in [-0.3, -0.25) is 9.59 Å². The predicted octanol–water partition coefficient (Wildman–Crippen LogP) is 5.93. The van der Waals surface area contributed by atoms with Crippen molar-refractivity contribution in [3.8, 4) is 5.75 Å². The summed E-state index contributed by atoms with van der Waals surface area (Å²) in [6, 6.07) is 19.2. The number of hydrogen-bond donors (Lipinski definition) is 2. The highest BCUT2D eigenvalue weighted by atomic mass is 35.5. The summed E-state index contributed by atoms with van der Waals surface area (Å²) < 4.78 is 5.62. The number of Topliss-reactive ketones (excluding diaryl/α,β-unsaturated/α-hetero) is 1. The van der Waals surface area contributed by atoms with Crippen LogP contribution < -0.4 is 10.1 Å². The molecule has 3 rings (SSSR count). The van der Waals surface area contributed by atoms with Gasteiger partial charge in [0.25, 0.3) is 5.91 Å². The van der Waals surface area contributed by atoms with E-state index in [1.54, 1.807) is 42.5 Å². The maximum atomic E-state index is 12.8. The summed E-state index contributed by atoms with van der Waals surface area (Å²) in [6.07, 6.45) is 1.21. The molecule has 0 aliphatic heterocycles. The minimum absolute atomic E-state index is 0.0170. The van der Waals surface area contributed by atoms with Crippen LogP contribution in [0.15, 0.2) is 66.7 Å². The van der Waals surface area contributed by atoms with E-state index in [9.17, 15) is 14.7 Å². The molecular weight excluding hydrogens is 485 g/mol. The maximum Gasteiger partial charge on any atom is 0.251 e. The summed E-state index contributed by atoms with van der Waals surface area (Å²) in [5.74, 6) is 0.273. The van der Waals surface area contributed by atoms with E-state index in [0.717, 1.165) is 11.1 Å². The van der Waals surface area contributed by atoms with Gasteiger partial charge >= 0.3 is 0 Å². The molecule has 0 bridgehead atoms. The van der Waals surface area contributed by atoms with Crippen LogP contribution in [-0.2, 0) is 12.8 Å². The molecule has 0 fully saturated rings. The Morgan fingerprint density at radius 1 is 0.914 bits per heavy atom. The van der Waals surface area contributed by atoms with E-state index in [1.807, 2.05) is 38.1 Å². The van der Waals surface area contributed by atoms with E-state index in [4.69, 9.17) is 27.9 Å². The number of nitrogens with one attached hydrogen (secondary N) is 1. The Balaban J connectivity index is 1.61. The van der Waals surface area contributed by atoms with Crippen LogP contribution in [0, 0.1) is 0 Å². The van der Waals surface area contributed by atoms with E-state index < -0.39 is 0 Å². The van der Waals surface area contributed by atoms with Gasteiger partial charge in [0.2, 0.25) is 0 Å². The van der Waals surface area contributed by atoms with Crippen LogP contribution in [0.5, 0.6) is 5.75 Å². The van der Waals surface area contributed by atoms with Crippen molar-refractivity contribution >= 4 is 34.9 Å². The maximum absolute atomic E-state index is 12.8. The van der Waals surface area contributed by atoms with Crippen LogP contribution in [0.4, 0.5) is 0 Å². The third-order valence-corrected chi connectivity index (χ3v) is 5.95. The van der Waals surface area contributed by atoms with Gasteiger partial charge in [0, 0.05) is 35.2 Å². The third-order valence-electron chi connectivity index (χ3n) is 5.41. The summed E-state index contributed by atoms with van der Waals surface area (Å²) >= 11 is 12.2. The SMILES string of the molecule is CC(C)Oc1ccc(C(=O)NC(CCO)Cc2ccc(CC(=O)c3ccc(Cl)cc3)cc2)cc1Cl. The van der Waals surface area contributed by atoms with Crippen LogP contribution in [0.25, 0.3) is 0 Å². The van der Waals surface area contributed by atoms with E-state index >= 15 is 0 Å². The number of ketones is 1. The van der Waals surface area contributed by atoms with E-state index in [0.29, 0.717) is 39.8 Å². The van der Waals surface area contributed by atoms with Gasteiger partial charge in [-0.2, -0.15) is 0 Å². The topological polar surface area (TPSA) is 75.6 Å². The van der Waals surface area contributed by atoms with Crippen LogP contribution in [0.3, 0.4) is 0 Å². The highest BCUT2D eigenvalue weighted by Gasteiger charge is 2.16. The van der Waals surface area contributed by atoms with Crippen molar-refractivity contribution < 1.29 is 19.4 Å². The van der Waals surface area contributed by atoms with Crippen LogP contribution >= 0.6 is 23.2 Å². The molecule has 0 aliphatic carbocycles. The summed E-state index contributed by atoms with van der Waals surface area (Å²) in [6.45, 7) is 3.75. The van der Waals surface area contributed by atoms with Crippen molar-refractivity contribution in [2.45, 2.75) is 45.3 Å². The first-order chi connectivity index (χ1) is 16.7. The van der Waals surface area contributed by atoms with Gasteiger partial charge in [-0.15, -0.1) is 0 Å². The molecule has 7 heteroatoms. The fourth-order valence-corrected chi connectivity index (χ4v) is 3.99. The number of ether oxygens (including phenoxy) is 1. The average molecular weight is 514 g/mol. The lowest BCUT2D eigenvalue weighted by Crippen LogP contribution is -2.37. The molecule has 1 amide bonds. The summed E-state index contributed by atoms with van der Waals surface area (Å²) in [4.78, 5) is 25.3. The fourth-order valence-electron chi connectivity index (χ4n) is 3.64. The van der Waals surface area contributed by atoms with Gasteiger partial charge in [0.15, 0.2) is 5.78 Å². The van der Waals surface area contributed by atoms with Crippen molar-refractivity contribution in [1.29, 1.82) is 0 Å². The molecule has 2 N–H and O–H groups in total. The van der Waals surface area contributed by atoms with Crippen molar-refractivity contribution in [3.63, 3.8) is 0 Å². The van der Waals surface area contributed by atoms with Crippen molar-refractivity contribution in [2.75, 3.05) is 6.61 Å². The van der Waals surface area contributed by atoms with Crippen LogP contribution in [-0.4, -0.2) is 35.5 Å². The summed E-state index contributed by atoms with van der Waals surface area (Å²) in [5.41, 5.74) is 2.93. The number of benzene rings is 3. The number of aliphatic hydroxyl groups excluding tert-OH is 1. The van der Waals surface area contributed by atoms with Crippen LogP contribution in [0.2, 0.25) is 10.0 Å². The fraction of sp³-hybridized carbons (Fsp3) is 0.286. The normalized spacial score (nSPS) is 11.8. The second kappa shape index (κ2) is 12.7. The summed E-state index contributed by atoms with van der Waals surface area (Å²) in [5, 5.41) is 13.4. The number of amides is 1. The first-order valence-electron chi connectivity index (χ1n) is 11.5. The molecule has 0 heterocycles.